The number of ether oxygens (including phenoxy) is 2. The van der Waals surface area contributed by atoms with Gasteiger partial charge in [0.1, 0.15) is 10.6 Å². The Kier molecular flexibility index (Phi) is 6.22. The fourth-order valence-corrected chi connectivity index (χ4v) is 5.26. The van der Waals surface area contributed by atoms with Gasteiger partial charge in [0.15, 0.2) is 0 Å². The summed E-state index contributed by atoms with van der Waals surface area (Å²) in [5.41, 5.74) is 0. The lowest BCUT2D eigenvalue weighted by Crippen LogP contribution is -2.31. The molecule has 2 aliphatic rings. The van der Waals surface area contributed by atoms with E-state index in [4.69, 9.17) is 21.1 Å². The van der Waals surface area contributed by atoms with Crippen molar-refractivity contribution in [3.63, 3.8) is 0 Å². The van der Waals surface area contributed by atoms with E-state index in [9.17, 15) is 8.42 Å². The molecule has 1 aromatic rings. The first-order valence-corrected chi connectivity index (χ1v) is 10.5. The Morgan fingerprint density at radius 1 is 1.36 bits per heavy atom. The number of sulfonamides is 1. The van der Waals surface area contributed by atoms with E-state index < -0.39 is 10.0 Å². The predicted octanol–water partition coefficient (Wildman–Crippen LogP) is 1.99. The van der Waals surface area contributed by atoms with Crippen molar-refractivity contribution >= 4 is 21.6 Å². The zero-order valence-electron chi connectivity index (χ0n) is 14.4. The van der Waals surface area contributed by atoms with Gasteiger partial charge >= 0.3 is 0 Å². The van der Waals surface area contributed by atoms with Crippen LogP contribution in [0.4, 0.5) is 0 Å². The van der Waals surface area contributed by atoms with Crippen molar-refractivity contribution in [3.8, 4) is 5.75 Å². The summed E-state index contributed by atoms with van der Waals surface area (Å²) in [5.74, 6) is 1.00. The number of hydrogen-bond donors (Lipinski definition) is 1. The summed E-state index contributed by atoms with van der Waals surface area (Å²) in [4.78, 5) is 0.157. The molecule has 3 rings (SSSR count). The summed E-state index contributed by atoms with van der Waals surface area (Å²) in [6.07, 6.45) is 1.80. The highest BCUT2D eigenvalue weighted by Gasteiger charge is 2.34. The smallest absolute Gasteiger partial charge is 0.246 e. The number of benzene rings is 1. The fraction of sp³-hybridized carbons (Fsp3) is 0.647. The number of halogens is 1. The van der Waals surface area contributed by atoms with E-state index in [0.29, 0.717) is 48.9 Å². The van der Waals surface area contributed by atoms with Crippen LogP contribution in [0.2, 0.25) is 5.02 Å². The molecule has 0 amide bonds. The van der Waals surface area contributed by atoms with Gasteiger partial charge in [-0.3, -0.25) is 0 Å². The van der Waals surface area contributed by atoms with Gasteiger partial charge in [-0.1, -0.05) is 11.6 Å². The summed E-state index contributed by atoms with van der Waals surface area (Å²) < 4.78 is 38.9. The maximum absolute atomic E-state index is 13.1. The lowest BCUT2D eigenvalue weighted by atomic mass is 10.1. The molecule has 0 saturated carbocycles. The molecule has 1 N–H and O–H groups in total. The minimum atomic E-state index is -3.62. The lowest BCUT2D eigenvalue weighted by Gasteiger charge is -2.20. The minimum Gasteiger partial charge on any atom is -0.492 e. The van der Waals surface area contributed by atoms with E-state index in [1.165, 1.54) is 10.4 Å². The standard InChI is InChI=1S/C17H25ClN2O4S/c1-19-9-13-4-6-20(10-13)25(21,22)17-8-15(18)2-3-16(17)24-12-14-5-7-23-11-14/h2-3,8,13-14,19H,4-7,9-12H2,1H3. The van der Waals surface area contributed by atoms with E-state index >= 15 is 0 Å². The molecule has 0 aromatic heterocycles. The average molecular weight is 389 g/mol. The van der Waals surface area contributed by atoms with Gasteiger partial charge in [0.2, 0.25) is 10.0 Å². The van der Waals surface area contributed by atoms with Crippen molar-refractivity contribution in [3.05, 3.63) is 23.2 Å². The van der Waals surface area contributed by atoms with E-state index in [1.54, 1.807) is 12.1 Å². The van der Waals surface area contributed by atoms with Crippen LogP contribution in [0.25, 0.3) is 0 Å². The maximum atomic E-state index is 13.1. The molecule has 2 atom stereocenters. The predicted molar refractivity (Wildman–Crippen MR) is 96.7 cm³/mol. The van der Waals surface area contributed by atoms with Crippen LogP contribution < -0.4 is 10.1 Å². The Balaban J connectivity index is 1.78. The first-order valence-electron chi connectivity index (χ1n) is 8.65. The summed E-state index contributed by atoms with van der Waals surface area (Å²) in [6, 6.07) is 4.80. The second-order valence-electron chi connectivity index (χ2n) is 6.71. The third-order valence-corrected chi connectivity index (χ3v) is 6.88. The van der Waals surface area contributed by atoms with Crippen molar-refractivity contribution in [2.45, 2.75) is 17.7 Å². The third kappa shape index (κ3) is 4.46. The van der Waals surface area contributed by atoms with Gasteiger partial charge in [-0.2, -0.15) is 4.31 Å². The molecule has 140 valence electrons. The second kappa shape index (κ2) is 8.22. The lowest BCUT2D eigenvalue weighted by molar-refractivity contribution is 0.166. The zero-order chi connectivity index (χ0) is 17.9. The van der Waals surface area contributed by atoms with Crippen LogP contribution >= 0.6 is 11.6 Å². The van der Waals surface area contributed by atoms with Crippen molar-refractivity contribution in [1.82, 2.24) is 9.62 Å². The van der Waals surface area contributed by atoms with Crippen molar-refractivity contribution < 1.29 is 17.9 Å². The summed E-state index contributed by atoms with van der Waals surface area (Å²) in [5, 5.41) is 3.50. The molecule has 0 radical (unpaired) electrons. The molecule has 1 aromatic carbocycles. The second-order valence-corrected chi connectivity index (χ2v) is 9.05. The van der Waals surface area contributed by atoms with E-state index in [0.717, 1.165) is 26.0 Å². The third-order valence-electron chi connectivity index (χ3n) is 4.76. The Bertz CT molecular complexity index is 692. The summed E-state index contributed by atoms with van der Waals surface area (Å²) in [7, 11) is -1.74. The molecule has 2 aliphatic heterocycles. The highest BCUT2D eigenvalue weighted by molar-refractivity contribution is 7.89. The Hall–Kier alpha value is -0.860. The summed E-state index contributed by atoms with van der Waals surface area (Å²) in [6.45, 7) is 3.70. The van der Waals surface area contributed by atoms with E-state index in [2.05, 4.69) is 5.32 Å². The van der Waals surface area contributed by atoms with Crippen LogP contribution in [0.1, 0.15) is 12.8 Å². The fourth-order valence-electron chi connectivity index (χ4n) is 3.33. The molecular weight excluding hydrogens is 364 g/mol. The van der Waals surface area contributed by atoms with Gasteiger partial charge in [-0.25, -0.2) is 8.42 Å². The first-order chi connectivity index (χ1) is 12.0. The van der Waals surface area contributed by atoms with Gasteiger partial charge < -0.3 is 14.8 Å². The van der Waals surface area contributed by atoms with Crippen molar-refractivity contribution in [2.24, 2.45) is 11.8 Å². The van der Waals surface area contributed by atoms with E-state index in [-0.39, 0.29) is 4.90 Å². The number of hydrogen-bond acceptors (Lipinski definition) is 5. The maximum Gasteiger partial charge on any atom is 0.246 e. The van der Waals surface area contributed by atoms with Gasteiger partial charge in [0.25, 0.3) is 0 Å². The average Bonchev–Trinajstić information content (AvgIpc) is 3.26. The van der Waals surface area contributed by atoms with Gasteiger partial charge in [-0.15, -0.1) is 0 Å². The number of nitrogens with zero attached hydrogens (tertiary/aromatic N) is 1. The Morgan fingerprint density at radius 3 is 2.92 bits per heavy atom. The van der Waals surface area contributed by atoms with Crippen molar-refractivity contribution in [2.75, 3.05) is 46.5 Å². The zero-order valence-corrected chi connectivity index (χ0v) is 16.0. The largest absolute Gasteiger partial charge is 0.492 e. The molecule has 6 nitrogen and oxygen atoms in total. The van der Waals surface area contributed by atoms with Crippen LogP contribution in [-0.2, 0) is 14.8 Å². The molecule has 25 heavy (non-hydrogen) atoms. The molecular formula is C17H25ClN2O4S. The highest BCUT2D eigenvalue weighted by Crippen LogP contribution is 2.33. The first kappa shape index (κ1) is 18.9. The van der Waals surface area contributed by atoms with Crippen molar-refractivity contribution in [1.29, 1.82) is 0 Å². The molecule has 2 unspecified atom stereocenters. The summed E-state index contributed by atoms with van der Waals surface area (Å²) >= 11 is 6.07. The molecule has 2 saturated heterocycles. The number of nitrogens with one attached hydrogen (secondary N) is 1. The van der Waals surface area contributed by atoms with Gasteiger partial charge in [-0.05, 0) is 50.6 Å². The molecule has 0 bridgehead atoms. The highest BCUT2D eigenvalue weighted by atomic mass is 35.5. The quantitative estimate of drug-likeness (QED) is 0.773. The normalized spacial score (nSPS) is 24.7. The van der Waals surface area contributed by atoms with Crippen LogP contribution in [0.15, 0.2) is 23.1 Å². The van der Waals surface area contributed by atoms with Gasteiger partial charge in [0, 0.05) is 30.6 Å². The Labute approximate surface area is 154 Å². The minimum absolute atomic E-state index is 0.157. The Morgan fingerprint density at radius 2 is 2.20 bits per heavy atom. The molecule has 0 spiro atoms. The van der Waals surface area contributed by atoms with Crippen LogP contribution in [-0.4, -0.2) is 59.2 Å². The number of rotatable bonds is 7. The topological polar surface area (TPSA) is 67.9 Å². The van der Waals surface area contributed by atoms with Crippen LogP contribution in [0, 0.1) is 11.8 Å². The molecule has 2 heterocycles. The molecule has 2 fully saturated rings. The van der Waals surface area contributed by atoms with Crippen LogP contribution in [0.3, 0.4) is 0 Å². The molecule has 8 heteroatoms. The monoisotopic (exact) mass is 388 g/mol. The van der Waals surface area contributed by atoms with Gasteiger partial charge in [0.05, 0.1) is 13.2 Å². The van der Waals surface area contributed by atoms with Crippen LogP contribution in [0.5, 0.6) is 5.75 Å². The molecule has 0 aliphatic carbocycles. The van der Waals surface area contributed by atoms with E-state index in [1.807, 2.05) is 7.05 Å². The SMILES string of the molecule is CNCC1CCN(S(=O)(=O)c2cc(Cl)ccc2OCC2CCOC2)C1.